The number of aliphatic hydroxyl groups is 1. The molecule has 0 bridgehead atoms. The minimum absolute atomic E-state index is 0.206. The molecule has 1 aromatic carbocycles. The highest BCUT2D eigenvalue weighted by molar-refractivity contribution is 5.36. The summed E-state index contributed by atoms with van der Waals surface area (Å²) in [6.07, 6.45) is 2.37. The molecule has 2 nitrogen and oxygen atoms in total. The van der Waals surface area contributed by atoms with Crippen LogP contribution >= 0.6 is 0 Å². The van der Waals surface area contributed by atoms with Gasteiger partial charge in [-0.3, -0.25) is 0 Å². The quantitative estimate of drug-likeness (QED) is 0.819. The zero-order valence-electron chi connectivity index (χ0n) is 10.3. The summed E-state index contributed by atoms with van der Waals surface area (Å²) in [6.45, 7) is 5.69. The third-order valence-corrected chi connectivity index (χ3v) is 3.83. The molecule has 0 saturated heterocycles. The van der Waals surface area contributed by atoms with Gasteiger partial charge in [-0.05, 0) is 44.7 Å². The fraction of sp³-hybridized carbons (Fsp3) is 0.571. The molecule has 1 saturated carbocycles. The van der Waals surface area contributed by atoms with Gasteiger partial charge in [0.1, 0.15) is 0 Å². The monoisotopic (exact) mass is 219 g/mol. The van der Waals surface area contributed by atoms with Crippen LogP contribution in [0.1, 0.15) is 44.7 Å². The zero-order chi connectivity index (χ0) is 12.0. The highest BCUT2D eigenvalue weighted by atomic mass is 16.3. The first-order valence-corrected chi connectivity index (χ1v) is 5.95. The molecule has 1 unspecified atom stereocenters. The highest BCUT2D eigenvalue weighted by Gasteiger charge is 2.47. The van der Waals surface area contributed by atoms with Crippen molar-refractivity contribution in [1.29, 1.82) is 0 Å². The SMILES string of the molecule is CC(N)C1(c2ccc(C(C)(C)O)cc2)CC1. The van der Waals surface area contributed by atoms with Crippen molar-refractivity contribution in [3.8, 4) is 0 Å². The molecule has 3 N–H and O–H groups in total. The maximum atomic E-state index is 9.88. The second-order valence-electron chi connectivity index (χ2n) is 5.58. The number of benzene rings is 1. The Labute approximate surface area is 97.5 Å². The molecule has 1 atom stereocenters. The second kappa shape index (κ2) is 3.57. The summed E-state index contributed by atoms with van der Waals surface area (Å²) >= 11 is 0. The Bertz CT molecular complexity index is 369. The summed E-state index contributed by atoms with van der Waals surface area (Å²) in [7, 11) is 0. The molecule has 2 heteroatoms. The minimum Gasteiger partial charge on any atom is -0.386 e. The Morgan fingerprint density at radius 2 is 1.75 bits per heavy atom. The Morgan fingerprint density at radius 1 is 1.25 bits per heavy atom. The van der Waals surface area contributed by atoms with Gasteiger partial charge in [0.2, 0.25) is 0 Å². The van der Waals surface area contributed by atoms with E-state index < -0.39 is 5.60 Å². The van der Waals surface area contributed by atoms with Crippen LogP contribution < -0.4 is 5.73 Å². The van der Waals surface area contributed by atoms with Crippen molar-refractivity contribution in [3.63, 3.8) is 0 Å². The van der Waals surface area contributed by atoms with Crippen LogP contribution in [0.2, 0.25) is 0 Å². The third kappa shape index (κ3) is 1.87. The summed E-state index contributed by atoms with van der Waals surface area (Å²) in [4.78, 5) is 0. The molecule has 0 aromatic heterocycles. The maximum Gasteiger partial charge on any atom is 0.0840 e. The van der Waals surface area contributed by atoms with E-state index in [1.54, 1.807) is 13.8 Å². The molecule has 1 aliphatic carbocycles. The molecular formula is C14H21NO. The van der Waals surface area contributed by atoms with Crippen molar-refractivity contribution >= 4 is 0 Å². The maximum absolute atomic E-state index is 9.88. The first kappa shape index (κ1) is 11.6. The van der Waals surface area contributed by atoms with E-state index in [1.165, 1.54) is 18.4 Å². The van der Waals surface area contributed by atoms with Crippen LogP contribution in [0.15, 0.2) is 24.3 Å². The predicted octanol–water partition coefficient (Wildman–Crippen LogP) is 2.29. The van der Waals surface area contributed by atoms with Gasteiger partial charge in [-0.2, -0.15) is 0 Å². The van der Waals surface area contributed by atoms with E-state index in [0.717, 1.165) is 5.56 Å². The number of hydrogen-bond donors (Lipinski definition) is 2. The van der Waals surface area contributed by atoms with Crippen molar-refractivity contribution in [2.24, 2.45) is 5.73 Å². The number of hydrogen-bond acceptors (Lipinski definition) is 2. The minimum atomic E-state index is -0.760. The summed E-state index contributed by atoms with van der Waals surface area (Å²) in [5, 5.41) is 9.88. The summed E-state index contributed by atoms with van der Waals surface area (Å²) in [5.74, 6) is 0. The van der Waals surface area contributed by atoms with Crippen LogP contribution in [0, 0.1) is 0 Å². The molecule has 0 heterocycles. The molecule has 1 aliphatic rings. The van der Waals surface area contributed by atoms with E-state index in [9.17, 15) is 5.11 Å². The molecule has 2 rings (SSSR count). The van der Waals surface area contributed by atoms with Gasteiger partial charge in [0.15, 0.2) is 0 Å². The van der Waals surface area contributed by atoms with Crippen molar-refractivity contribution in [2.75, 3.05) is 0 Å². The Morgan fingerprint density at radius 3 is 2.06 bits per heavy atom. The van der Waals surface area contributed by atoms with Crippen molar-refractivity contribution < 1.29 is 5.11 Å². The van der Waals surface area contributed by atoms with E-state index in [2.05, 4.69) is 19.1 Å². The van der Waals surface area contributed by atoms with E-state index in [1.807, 2.05) is 12.1 Å². The lowest BCUT2D eigenvalue weighted by Crippen LogP contribution is -2.31. The molecule has 1 aromatic rings. The van der Waals surface area contributed by atoms with E-state index in [-0.39, 0.29) is 11.5 Å². The average molecular weight is 219 g/mol. The van der Waals surface area contributed by atoms with Crippen LogP contribution in [-0.4, -0.2) is 11.1 Å². The van der Waals surface area contributed by atoms with Gasteiger partial charge in [-0.15, -0.1) is 0 Å². The first-order valence-electron chi connectivity index (χ1n) is 5.95. The van der Waals surface area contributed by atoms with Gasteiger partial charge in [-0.1, -0.05) is 24.3 Å². The first-order chi connectivity index (χ1) is 7.36. The van der Waals surface area contributed by atoms with Crippen LogP contribution in [0.3, 0.4) is 0 Å². The molecule has 0 radical (unpaired) electrons. The van der Waals surface area contributed by atoms with Gasteiger partial charge in [0.25, 0.3) is 0 Å². The Hall–Kier alpha value is -0.860. The summed E-state index contributed by atoms with van der Waals surface area (Å²) in [6, 6.07) is 8.46. The molecule has 88 valence electrons. The Kier molecular flexibility index (Phi) is 2.59. The van der Waals surface area contributed by atoms with Crippen molar-refractivity contribution in [3.05, 3.63) is 35.4 Å². The van der Waals surface area contributed by atoms with Gasteiger partial charge in [0.05, 0.1) is 5.60 Å². The molecule has 0 aliphatic heterocycles. The molecule has 1 fully saturated rings. The van der Waals surface area contributed by atoms with Crippen LogP contribution in [-0.2, 0) is 11.0 Å². The van der Waals surface area contributed by atoms with Crippen molar-refractivity contribution in [1.82, 2.24) is 0 Å². The zero-order valence-corrected chi connectivity index (χ0v) is 10.3. The molecular weight excluding hydrogens is 198 g/mol. The number of nitrogens with two attached hydrogens (primary N) is 1. The lowest BCUT2D eigenvalue weighted by Gasteiger charge is -2.22. The predicted molar refractivity (Wildman–Crippen MR) is 66.2 cm³/mol. The average Bonchev–Trinajstić information content (AvgIpc) is 2.97. The molecule has 0 amide bonds. The summed E-state index contributed by atoms with van der Waals surface area (Å²) in [5.41, 5.74) is 7.76. The fourth-order valence-electron chi connectivity index (χ4n) is 2.35. The Balaban J connectivity index is 2.27. The normalized spacial score (nSPS) is 20.6. The van der Waals surface area contributed by atoms with Gasteiger partial charge >= 0.3 is 0 Å². The van der Waals surface area contributed by atoms with Gasteiger partial charge < -0.3 is 10.8 Å². The highest BCUT2D eigenvalue weighted by Crippen LogP contribution is 2.50. The molecule has 0 spiro atoms. The second-order valence-corrected chi connectivity index (χ2v) is 5.58. The standard InChI is InChI=1S/C14H21NO/c1-10(15)14(8-9-14)12-6-4-11(5-7-12)13(2,3)16/h4-7,10,16H,8-9,15H2,1-3H3. The topological polar surface area (TPSA) is 46.2 Å². The van der Waals surface area contributed by atoms with E-state index in [4.69, 9.17) is 5.73 Å². The third-order valence-electron chi connectivity index (χ3n) is 3.83. The summed E-state index contributed by atoms with van der Waals surface area (Å²) < 4.78 is 0. The van der Waals surface area contributed by atoms with Crippen molar-refractivity contribution in [2.45, 2.75) is 50.7 Å². The van der Waals surface area contributed by atoms with Crippen LogP contribution in [0.4, 0.5) is 0 Å². The molecule has 16 heavy (non-hydrogen) atoms. The number of rotatable bonds is 3. The van der Waals surface area contributed by atoms with E-state index >= 15 is 0 Å². The van der Waals surface area contributed by atoms with Gasteiger partial charge in [-0.25, -0.2) is 0 Å². The smallest absolute Gasteiger partial charge is 0.0840 e. The largest absolute Gasteiger partial charge is 0.386 e. The van der Waals surface area contributed by atoms with Gasteiger partial charge in [0, 0.05) is 11.5 Å². The van der Waals surface area contributed by atoms with Crippen LogP contribution in [0.5, 0.6) is 0 Å². The van der Waals surface area contributed by atoms with E-state index in [0.29, 0.717) is 0 Å². The lowest BCUT2D eigenvalue weighted by molar-refractivity contribution is 0.0786. The van der Waals surface area contributed by atoms with Crippen LogP contribution in [0.25, 0.3) is 0 Å². The fourth-order valence-corrected chi connectivity index (χ4v) is 2.35. The lowest BCUT2D eigenvalue weighted by atomic mass is 9.87.